The minimum Gasteiger partial charge on any atom is -0.316 e. The van der Waals surface area contributed by atoms with Gasteiger partial charge in [-0.3, -0.25) is 0 Å². The molecule has 0 spiro atoms. The molecule has 4 heteroatoms. The molecule has 1 radical (unpaired) electrons. The fourth-order valence-electron chi connectivity index (χ4n) is 4.67. The van der Waals surface area contributed by atoms with Crippen LogP contribution in [0.25, 0.3) is 39.6 Å². The molecular formula is C32H30IrN3-. The first kappa shape index (κ1) is 25.8. The summed E-state index contributed by atoms with van der Waals surface area (Å²) in [6.45, 7) is 11.1. The van der Waals surface area contributed by atoms with Crippen LogP contribution < -0.4 is 0 Å². The van der Waals surface area contributed by atoms with E-state index in [0.29, 0.717) is 0 Å². The van der Waals surface area contributed by atoms with E-state index in [0.717, 1.165) is 39.6 Å². The molecule has 1 aromatic heterocycles. The summed E-state index contributed by atoms with van der Waals surface area (Å²) < 4.78 is 2.21. The van der Waals surface area contributed by atoms with Crippen LogP contribution in [0.4, 0.5) is 0 Å². The van der Waals surface area contributed by atoms with Gasteiger partial charge in [0, 0.05) is 31.4 Å². The fraction of sp³-hybridized carbons (Fsp3) is 0.188. The van der Waals surface area contributed by atoms with Gasteiger partial charge < -0.3 is 4.57 Å². The van der Waals surface area contributed by atoms with Gasteiger partial charge in [0.1, 0.15) is 0 Å². The summed E-state index contributed by atoms with van der Waals surface area (Å²) in [6, 6.07) is 34.8. The number of aromatic nitrogens is 3. The second kappa shape index (κ2) is 10.3. The molecule has 4 aromatic carbocycles. The van der Waals surface area contributed by atoms with Crippen molar-refractivity contribution < 1.29 is 20.1 Å². The standard InChI is InChI=1S/C32H30N3.Ir/c1-22-20-26(32(3,4)5)21-23(2)29(22)35-30(25-16-10-7-11-17-25)33-34-31(35)28-19-13-12-18-27(28)24-14-8-6-9-15-24;/h6-16,18-21H,1-5H3;/q-1;. The van der Waals surface area contributed by atoms with Crippen molar-refractivity contribution in [2.24, 2.45) is 0 Å². The Morgan fingerprint density at radius 3 is 1.89 bits per heavy atom. The van der Waals surface area contributed by atoms with Gasteiger partial charge in [-0.05, 0) is 47.1 Å². The van der Waals surface area contributed by atoms with Crippen molar-refractivity contribution in [1.82, 2.24) is 14.8 Å². The van der Waals surface area contributed by atoms with Crippen molar-refractivity contribution in [2.75, 3.05) is 0 Å². The Hall–Kier alpha value is -3.33. The van der Waals surface area contributed by atoms with Crippen molar-refractivity contribution >= 4 is 0 Å². The van der Waals surface area contributed by atoms with E-state index in [1.807, 2.05) is 30.3 Å². The first-order valence-corrected chi connectivity index (χ1v) is 12.0. The molecule has 0 aliphatic carbocycles. The summed E-state index contributed by atoms with van der Waals surface area (Å²) in [6.07, 6.45) is 0. The van der Waals surface area contributed by atoms with Gasteiger partial charge in [0.25, 0.3) is 0 Å². The van der Waals surface area contributed by atoms with Gasteiger partial charge in [-0.1, -0.05) is 87.5 Å². The first-order chi connectivity index (χ1) is 16.8. The Kier molecular flexibility index (Phi) is 7.40. The Morgan fingerprint density at radius 2 is 1.28 bits per heavy atom. The third kappa shape index (κ3) is 4.84. The molecule has 1 heterocycles. The zero-order valence-electron chi connectivity index (χ0n) is 21.3. The van der Waals surface area contributed by atoms with Gasteiger partial charge in [-0.2, -0.15) is 5.10 Å². The Morgan fingerprint density at radius 1 is 0.694 bits per heavy atom. The van der Waals surface area contributed by atoms with Gasteiger partial charge in [-0.25, -0.2) is 0 Å². The second-order valence-electron chi connectivity index (χ2n) is 10.1. The number of hydrogen-bond donors (Lipinski definition) is 0. The normalized spacial score (nSPS) is 11.2. The van der Waals surface area contributed by atoms with Gasteiger partial charge in [0.2, 0.25) is 0 Å². The van der Waals surface area contributed by atoms with Crippen molar-refractivity contribution in [2.45, 2.75) is 40.0 Å². The molecule has 36 heavy (non-hydrogen) atoms. The molecule has 0 amide bonds. The summed E-state index contributed by atoms with van der Waals surface area (Å²) in [5, 5.41) is 9.48. The molecule has 0 fully saturated rings. The predicted molar refractivity (Wildman–Crippen MR) is 145 cm³/mol. The topological polar surface area (TPSA) is 30.7 Å². The minimum atomic E-state index is 0. The van der Waals surface area contributed by atoms with Crippen LogP contribution in [0.2, 0.25) is 0 Å². The summed E-state index contributed by atoms with van der Waals surface area (Å²) in [7, 11) is 0. The molecule has 0 atom stereocenters. The maximum absolute atomic E-state index is 4.77. The molecule has 0 bridgehead atoms. The van der Waals surface area contributed by atoms with Crippen molar-refractivity contribution in [3.8, 4) is 39.6 Å². The summed E-state index contributed by atoms with van der Waals surface area (Å²) in [5.41, 5.74) is 9.16. The van der Waals surface area contributed by atoms with E-state index in [4.69, 9.17) is 10.2 Å². The largest absolute Gasteiger partial charge is 0.316 e. The maximum Gasteiger partial charge on any atom is 0.160 e. The average Bonchev–Trinajstić information content (AvgIpc) is 3.28. The Labute approximate surface area is 227 Å². The smallest absolute Gasteiger partial charge is 0.160 e. The predicted octanol–water partition coefficient (Wildman–Crippen LogP) is 7.98. The van der Waals surface area contributed by atoms with E-state index in [-0.39, 0.29) is 25.5 Å². The third-order valence-corrected chi connectivity index (χ3v) is 6.45. The van der Waals surface area contributed by atoms with Gasteiger partial charge in [0.15, 0.2) is 5.82 Å². The van der Waals surface area contributed by atoms with Crippen LogP contribution in [0, 0.1) is 19.9 Å². The number of nitrogens with zero attached hydrogens (tertiary/aromatic N) is 3. The molecule has 0 aliphatic rings. The molecule has 0 saturated heterocycles. The van der Waals surface area contributed by atoms with Crippen LogP contribution in [0.5, 0.6) is 0 Å². The average molecular weight is 649 g/mol. The quantitative estimate of drug-likeness (QED) is 0.185. The molecule has 0 unspecified atom stereocenters. The zero-order valence-corrected chi connectivity index (χ0v) is 23.7. The molecular weight excluding hydrogens is 619 g/mol. The van der Waals surface area contributed by atoms with Gasteiger partial charge >= 0.3 is 0 Å². The Bertz CT molecular complexity index is 1460. The van der Waals surface area contributed by atoms with Crippen molar-refractivity contribution in [3.05, 3.63) is 114 Å². The van der Waals surface area contributed by atoms with E-state index in [1.54, 1.807) is 0 Å². The van der Waals surface area contributed by atoms with Gasteiger partial charge in [-0.15, -0.1) is 41.0 Å². The van der Waals surface area contributed by atoms with Crippen LogP contribution >= 0.6 is 0 Å². The summed E-state index contributed by atoms with van der Waals surface area (Å²) in [4.78, 5) is 0. The Balaban J connectivity index is 0.00000304. The van der Waals surface area contributed by atoms with E-state index in [1.165, 1.54) is 16.7 Å². The SMILES string of the molecule is Cc1cc(C(C)(C)C)cc(C)c1-n1c(-c2[c-]cccc2)nnc1-c1ccccc1-c1ccccc1.[Ir]. The van der Waals surface area contributed by atoms with Crippen LogP contribution in [-0.2, 0) is 25.5 Å². The van der Waals surface area contributed by atoms with E-state index < -0.39 is 0 Å². The fourth-order valence-corrected chi connectivity index (χ4v) is 4.67. The molecule has 183 valence electrons. The van der Waals surface area contributed by atoms with E-state index in [2.05, 4.69) is 106 Å². The number of hydrogen-bond acceptors (Lipinski definition) is 2. The summed E-state index contributed by atoms with van der Waals surface area (Å²) >= 11 is 0. The zero-order chi connectivity index (χ0) is 24.6. The van der Waals surface area contributed by atoms with Crippen LogP contribution in [0.1, 0.15) is 37.5 Å². The van der Waals surface area contributed by atoms with E-state index in [9.17, 15) is 0 Å². The van der Waals surface area contributed by atoms with Crippen molar-refractivity contribution in [1.29, 1.82) is 0 Å². The van der Waals surface area contributed by atoms with Crippen LogP contribution in [0.3, 0.4) is 0 Å². The second-order valence-corrected chi connectivity index (χ2v) is 10.1. The van der Waals surface area contributed by atoms with Crippen molar-refractivity contribution in [3.63, 3.8) is 0 Å². The summed E-state index contributed by atoms with van der Waals surface area (Å²) in [5.74, 6) is 1.62. The molecule has 0 N–H and O–H groups in total. The maximum atomic E-state index is 4.77. The molecule has 5 aromatic rings. The molecule has 5 rings (SSSR count). The number of aryl methyl sites for hydroxylation is 2. The molecule has 0 aliphatic heterocycles. The van der Waals surface area contributed by atoms with E-state index >= 15 is 0 Å². The van der Waals surface area contributed by atoms with Crippen LogP contribution in [-0.4, -0.2) is 14.8 Å². The molecule has 3 nitrogen and oxygen atoms in total. The minimum absolute atomic E-state index is 0. The third-order valence-electron chi connectivity index (χ3n) is 6.45. The first-order valence-electron chi connectivity index (χ1n) is 12.0. The number of benzene rings is 4. The monoisotopic (exact) mass is 649 g/mol. The van der Waals surface area contributed by atoms with Crippen LogP contribution in [0.15, 0.2) is 91.0 Å². The number of rotatable bonds is 4. The van der Waals surface area contributed by atoms with Gasteiger partial charge in [0.05, 0.1) is 5.82 Å². The molecule has 0 saturated carbocycles.